The van der Waals surface area contributed by atoms with Gasteiger partial charge in [0, 0.05) is 13.2 Å². The predicted octanol–water partition coefficient (Wildman–Crippen LogP) is 1.30. The number of aliphatic hydroxyl groups excluding tert-OH is 1. The van der Waals surface area contributed by atoms with E-state index in [1.165, 1.54) is 30.7 Å². The van der Waals surface area contributed by atoms with E-state index in [0.717, 1.165) is 12.1 Å². The van der Waals surface area contributed by atoms with Gasteiger partial charge in [-0.2, -0.15) is 13.2 Å². The third-order valence-electron chi connectivity index (χ3n) is 4.96. The molecule has 12 nitrogen and oxygen atoms in total. The minimum atomic E-state index is -4.49. The Morgan fingerprint density at radius 2 is 2.00 bits per heavy atom. The number of hydrogen-bond donors (Lipinski definition) is 4. The predicted molar refractivity (Wildman–Crippen MR) is 124 cm³/mol. The standard InChI is InChI=1S/C22H32F3N7O5/c1-21(2,26)19(34)28-17(14-36-13-15-6-5-7-16(12-15)22(23,24)25)18-29-30-31-32(18)9-11-37-20(35)27-8-3-4-10-33/h5-7,12,17,33H,3-4,8-11,13-14,26H2,1-2H3,(H,27,35)(H,28,34)/t17-/m1/s1. The van der Waals surface area contributed by atoms with Gasteiger partial charge in [-0.05, 0) is 54.8 Å². The number of halogens is 3. The summed E-state index contributed by atoms with van der Waals surface area (Å²) in [5.74, 6) is -0.359. The van der Waals surface area contributed by atoms with E-state index in [-0.39, 0.29) is 44.4 Å². The van der Waals surface area contributed by atoms with Gasteiger partial charge in [0.1, 0.15) is 12.6 Å². The summed E-state index contributed by atoms with van der Waals surface area (Å²) < 4.78 is 50.9. The number of amides is 2. The molecule has 0 bridgehead atoms. The molecule has 0 saturated carbocycles. The van der Waals surface area contributed by atoms with Crippen LogP contribution in [0.5, 0.6) is 0 Å². The number of nitrogens with zero attached hydrogens (tertiary/aromatic N) is 4. The van der Waals surface area contributed by atoms with Crippen LogP contribution in [0.4, 0.5) is 18.0 Å². The Bertz CT molecular complexity index is 1010. The fraction of sp³-hybridized carbons (Fsp3) is 0.591. The molecule has 15 heteroatoms. The zero-order valence-electron chi connectivity index (χ0n) is 20.6. The Kier molecular flexibility index (Phi) is 11.2. The molecule has 0 unspecified atom stereocenters. The summed E-state index contributed by atoms with van der Waals surface area (Å²) in [6.45, 7) is 3.01. The monoisotopic (exact) mass is 531 g/mol. The van der Waals surface area contributed by atoms with Crippen LogP contribution in [0, 0.1) is 0 Å². The number of carbonyl (C=O) groups is 2. The Hall–Kier alpha value is -3.30. The van der Waals surface area contributed by atoms with Gasteiger partial charge in [-0.15, -0.1) is 5.10 Å². The van der Waals surface area contributed by atoms with Crippen molar-refractivity contribution in [2.45, 2.75) is 57.6 Å². The van der Waals surface area contributed by atoms with Crippen molar-refractivity contribution in [3.05, 3.63) is 41.2 Å². The highest BCUT2D eigenvalue weighted by Crippen LogP contribution is 2.29. The van der Waals surface area contributed by atoms with Crippen LogP contribution in [0.1, 0.15) is 49.7 Å². The molecule has 1 atom stereocenters. The number of nitrogens with one attached hydrogen (secondary N) is 2. The molecule has 1 aromatic carbocycles. The van der Waals surface area contributed by atoms with Crippen LogP contribution in [-0.4, -0.2) is 69.2 Å². The summed E-state index contributed by atoms with van der Waals surface area (Å²) in [6.07, 6.45) is -3.98. The van der Waals surface area contributed by atoms with E-state index in [0.29, 0.717) is 19.4 Å². The number of tetrazole rings is 1. The molecule has 206 valence electrons. The highest BCUT2D eigenvalue weighted by molar-refractivity contribution is 5.85. The Morgan fingerprint density at radius 1 is 1.24 bits per heavy atom. The van der Waals surface area contributed by atoms with Gasteiger partial charge in [0.25, 0.3) is 0 Å². The lowest BCUT2D eigenvalue weighted by atomic mass is 10.1. The maximum Gasteiger partial charge on any atom is 0.416 e. The van der Waals surface area contributed by atoms with Gasteiger partial charge >= 0.3 is 12.3 Å². The van der Waals surface area contributed by atoms with Crippen LogP contribution < -0.4 is 16.4 Å². The van der Waals surface area contributed by atoms with Gasteiger partial charge in [-0.3, -0.25) is 4.79 Å². The molecule has 2 amide bonds. The van der Waals surface area contributed by atoms with Gasteiger partial charge in [0.05, 0.1) is 30.9 Å². The lowest BCUT2D eigenvalue weighted by molar-refractivity contribution is -0.137. The number of unbranched alkanes of at least 4 members (excludes halogenated alkanes) is 1. The molecule has 5 N–H and O–H groups in total. The molecule has 0 fully saturated rings. The van der Waals surface area contributed by atoms with Gasteiger partial charge in [-0.25, -0.2) is 9.48 Å². The number of carbonyl (C=O) groups excluding carboxylic acids is 2. The Morgan fingerprint density at radius 3 is 2.68 bits per heavy atom. The first kappa shape index (κ1) is 29.9. The normalized spacial score (nSPS) is 12.7. The van der Waals surface area contributed by atoms with Crippen molar-refractivity contribution in [3.8, 4) is 0 Å². The van der Waals surface area contributed by atoms with E-state index in [2.05, 4.69) is 26.2 Å². The Balaban J connectivity index is 2.03. The number of alkyl halides is 3. The minimum absolute atomic E-state index is 0.0293. The van der Waals surface area contributed by atoms with Crippen molar-refractivity contribution < 1.29 is 37.3 Å². The van der Waals surface area contributed by atoms with Crippen LogP contribution in [0.25, 0.3) is 0 Å². The number of rotatable bonds is 14. The molecular weight excluding hydrogens is 499 g/mol. The lowest BCUT2D eigenvalue weighted by Crippen LogP contribution is -2.51. The van der Waals surface area contributed by atoms with Crippen LogP contribution in [0.2, 0.25) is 0 Å². The molecule has 0 aliphatic heterocycles. The summed E-state index contributed by atoms with van der Waals surface area (Å²) >= 11 is 0. The van der Waals surface area contributed by atoms with Gasteiger partial charge in [0.2, 0.25) is 5.91 Å². The van der Waals surface area contributed by atoms with Crippen molar-refractivity contribution in [1.29, 1.82) is 0 Å². The average Bonchev–Trinajstić information content (AvgIpc) is 3.28. The fourth-order valence-corrected chi connectivity index (χ4v) is 2.98. The van der Waals surface area contributed by atoms with Crippen molar-refractivity contribution in [2.75, 3.05) is 26.4 Å². The van der Waals surface area contributed by atoms with Gasteiger partial charge in [0.15, 0.2) is 5.82 Å². The summed E-state index contributed by atoms with van der Waals surface area (Å²) in [4.78, 5) is 24.3. The molecule has 1 heterocycles. The number of alkyl carbamates (subject to hydrolysis) is 1. The van der Waals surface area contributed by atoms with Crippen LogP contribution in [0.3, 0.4) is 0 Å². The van der Waals surface area contributed by atoms with Gasteiger partial charge < -0.3 is 30.9 Å². The molecular formula is C22H32F3N7O5. The van der Waals surface area contributed by atoms with Crippen molar-refractivity contribution >= 4 is 12.0 Å². The zero-order chi connectivity index (χ0) is 27.5. The molecule has 2 rings (SSSR count). The number of nitrogens with two attached hydrogens (primary N) is 1. The van der Waals surface area contributed by atoms with Crippen LogP contribution in [-0.2, 0) is 33.6 Å². The summed E-state index contributed by atoms with van der Waals surface area (Å²) in [5, 5.41) is 25.4. The quantitative estimate of drug-likeness (QED) is 0.263. The number of aromatic nitrogens is 4. The van der Waals surface area contributed by atoms with E-state index in [1.807, 2.05) is 0 Å². The molecule has 0 aliphatic carbocycles. The molecule has 1 aromatic heterocycles. The average molecular weight is 532 g/mol. The zero-order valence-corrected chi connectivity index (χ0v) is 20.6. The SMILES string of the molecule is CC(C)(N)C(=O)N[C@H](COCc1cccc(C(F)(F)F)c1)c1nnnn1CCOC(=O)NCCCCO. The number of hydrogen-bond acceptors (Lipinski definition) is 9. The maximum atomic E-state index is 13.0. The molecule has 0 radical (unpaired) electrons. The summed E-state index contributed by atoms with van der Waals surface area (Å²) in [6, 6.07) is 3.81. The van der Waals surface area contributed by atoms with Crippen LogP contribution >= 0.6 is 0 Å². The highest BCUT2D eigenvalue weighted by Gasteiger charge is 2.31. The summed E-state index contributed by atoms with van der Waals surface area (Å²) in [7, 11) is 0. The van der Waals surface area contributed by atoms with E-state index in [4.69, 9.17) is 20.3 Å². The number of ether oxygens (including phenoxy) is 2. The second-order valence-corrected chi connectivity index (χ2v) is 8.71. The van der Waals surface area contributed by atoms with E-state index >= 15 is 0 Å². The lowest BCUT2D eigenvalue weighted by Gasteiger charge is -2.24. The molecule has 0 saturated heterocycles. The smallest absolute Gasteiger partial charge is 0.416 e. The van der Waals surface area contributed by atoms with E-state index in [9.17, 15) is 22.8 Å². The third kappa shape index (κ3) is 10.3. The van der Waals surface area contributed by atoms with Crippen molar-refractivity contribution in [3.63, 3.8) is 0 Å². The Labute approximate surface area is 211 Å². The van der Waals surface area contributed by atoms with Crippen molar-refractivity contribution in [1.82, 2.24) is 30.8 Å². The second-order valence-electron chi connectivity index (χ2n) is 8.71. The number of benzene rings is 1. The third-order valence-corrected chi connectivity index (χ3v) is 4.96. The summed E-state index contributed by atoms with van der Waals surface area (Å²) in [5.41, 5.74) is 4.12. The maximum absolute atomic E-state index is 13.0. The molecule has 37 heavy (non-hydrogen) atoms. The fourth-order valence-electron chi connectivity index (χ4n) is 2.98. The molecule has 0 aliphatic rings. The van der Waals surface area contributed by atoms with Gasteiger partial charge in [-0.1, -0.05) is 12.1 Å². The molecule has 0 spiro atoms. The minimum Gasteiger partial charge on any atom is -0.448 e. The topological polar surface area (TPSA) is 167 Å². The molecule has 2 aromatic rings. The van der Waals surface area contributed by atoms with E-state index < -0.39 is 35.3 Å². The first-order chi connectivity index (χ1) is 17.4. The number of aliphatic hydroxyl groups is 1. The first-order valence-electron chi connectivity index (χ1n) is 11.5. The van der Waals surface area contributed by atoms with Crippen LogP contribution in [0.15, 0.2) is 24.3 Å². The van der Waals surface area contributed by atoms with E-state index in [1.54, 1.807) is 0 Å². The second kappa shape index (κ2) is 13.9. The largest absolute Gasteiger partial charge is 0.448 e. The highest BCUT2D eigenvalue weighted by atomic mass is 19.4. The first-order valence-corrected chi connectivity index (χ1v) is 11.5. The van der Waals surface area contributed by atoms with Crippen molar-refractivity contribution in [2.24, 2.45) is 5.73 Å².